The third-order valence-corrected chi connectivity index (χ3v) is 6.85. The van der Waals surface area contributed by atoms with Gasteiger partial charge < -0.3 is 0 Å². The Balaban J connectivity index is 1.33. The highest BCUT2D eigenvalue weighted by Crippen LogP contribution is 2.43. The number of hydrogen-bond donors (Lipinski definition) is 1. The van der Waals surface area contributed by atoms with E-state index >= 15 is 0 Å². The number of fused-ring (bicyclic) bond motifs is 6. The Kier molecular flexibility index (Phi) is 3.42. The van der Waals surface area contributed by atoms with Crippen molar-refractivity contribution >= 4 is 0 Å². The molecule has 0 spiro atoms. The maximum atomic E-state index is 4.75. The molecule has 2 nitrogen and oxygen atoms in total. The molecule has 5 aromatic rings. The van der Waals surface area contributed by atoms with Crippen molar-refractivity contribution in [2.45, 2.75) is 12.8 Å². The minimum absolute atomic E-state index is 0.972. The van der Waals surface area contributed by atoms with Crippen LogP contribution in [0.25, 0.3) is 44.8 Å². The first-order valence-electron chi connectivity index (χ1n) is 10.8. The normalized spacial score (nSPS) is 12.9. The SMILES string of the molecule is c1ccc2c(c1)Cc1c(-c3cc(-c4cccc5c4Cc4ccccc4-5)[nH]n3)cccc1-2. The summed E-state index contributed by atoms with van der Waals surface area (Å²) < 4.78 is 0. The summed E-state index contributed by atoms with van der Waals surface area (Å²) in [5.41, 5.74) is 15.6. The molecule has 0 fully saturated rings. The maximum absolute atomic E-state index is 4.75. The van der Waals surface area contributed by atoms with E-state index in [1.807, 2.05) is 0 Å². The molecule has 146 valence electrons. The van der Waals surface area contributed by atoms with Crippen LogP contribution in [0.5, 0.6) is 0 Å². The monoisotopic (exact) mass is 396 g/mol. The van der Waals surface area contributed by atoms with Gasteiger partial charge in [0.15, 0.2) is 0 Å². The molecule has 1 N–H and O–H groups in total. The predicted molar refractivity (Wildman–Crippen MR) is 126 cm³/mol. The van der Waals surface area contributed by atoms with E-state index in [2.05, 4.69) is 96.1 Å². The zero-order valence-electron chi connectivity index (χ0n) is 17.0. The molecule has 1 heterocycles. The molecule has 0 saturated heterocycles. The van der Waals surface area contributed by atoms with Gasteiger partial charge in [0.2, 0.25) is 0 Å². The number of aromatic nitrogens is 2. The Hall–Kier alpha value is -3.91. The van der Waals surface area contributed by atoms with Crippen LogP contribution in [0.4, 0.5) is 0 Å². The number of benzene rings is 4. The molecule has 0 unspecified atom stereocenters. The fourth-order valence-corrected chi connectivity index (χ4v) is 5.40. The van der Waals surface area contributed by atoms with Crippen LogP contribution in [0.15, 0.2) is 91.0 Å². The topological polar surface area (TPSA) is 28.7 Å². The third-order valence-electron chi connectivity index (χ3n) is 6.85. The van der Waals surface area contributed by atoms with Gasteiger partial charge >= 0.3 is 0 Å². The second kappa shape index (κ2) is 6.29. The summed E-state index contributed by atoms with van der Waals surface area (Å²) in [6.45, 7) is 0. The summed E-state index contributed by atoms with van der Waals surface area (Å²) >= 11 is 0. The summed E-state index contributed by atoms with van der Waals surface area (Å²) in [5.74, 6) is 0. The highest BCUT2D eigenvalue weighted by Gasteiger charge is 2.24. The molecule has 4 aromatic carbocycles. The van der Waals surface area contributed by atoms with Gasteiger partial charge in [-0.25, -0.2) is 0 Å². The Morgan fingerprint density at radius 1 is 0.516 bits per heavy atom. The number of H-pyrrole nitrogens is 1. The molecule has 2 heteroatoms. The molecule has 7 rings (SSSR count). The van der Waals surface area contributed by atoms with E-state index in [1.165, 1.54) is 55.6 Å². The lowest BCUT2D eigenvalue weighted by Crippen LogP contribution is -1.88. The number of nitrogens with zero attached hydrogens (tertiary/aromatic N) is 1. The van der Waals surface area contributed by atoms with Gasteiger partial charge in [0.25, 0.3) is 0 Å². The number of aromatic amines is 1. The fourth-order valence-electron chi connectivity index (χ4n) is 5.40. The fraction of sp³-hybridized carbons (Fsp3) is 0.0690. The molecular formula is C29H20N2. The first-order valence-corrected chi connectivity index (χ1v) is 10.8. The molecule has 0 aliphatic heterocycles. The average molecular weight is 396 g/mol. The lowest BCUT2D eigenvalue weighted by molar-refractivity contribution is 1.09. The summed E-state index contributed by atoms with van der Waals surface area (Å²) in [7, 11) is 0. The van der Waals surface area contributed by atoms with Crippen molar-refractivity contribution in [3.63, 3.8) is 0 Å². The van der Waals surface area contributed by atoms with Crippen molar-refractivity contribution in [3.8, 4) is 44.8 Å². The smallest absolute Gasteiger partial charge is 0.0930 e. The van der Waals surface area contributed by atoms with Gasteiger partial charge in [0.05, 0.1) is 11.4 Å². The van der Waals surface area contributed by atoms with Gasteiger partial charge in [-0.3, -0.25) is 5.10 Å². The van der Waals surface area contributed by atoms with Crippen molar-refractivity contribution in [2.24, 2.45) is 0 Å². The Bertz CT molecular complexity index is 1380. The second-order valence-corrected chi connectivity index (χ2v) is 8.50. The van der Waals surface area contributed by atoms with Crippen LogP contribution >= 0.6 is 0 Å². The summed E-state index contributed by atoms with van der Waals surface area (Å²) in [5, 5.41) is 8.09. The van der Waals surface area contributed by atoms with E-state index in [0.29, 0.717) is 0 Å². The van der Waals surface area contributed by atoms with Crippen LogP contribution in [0.3, 0.4) is 0 Å². The largest absolute Gasteiger partial charge is 0.277 e. The van der Waals surface area contributed by atoms with Crippen LogP contribution in [0.2, 0.25) is 0 Å². The Morgan fingerprint density at radius 2 is 1.03 bits per heavy atom. The Morgan fingerprint density at radius 3 is 1.71 bits per heavy atom. The molecule has 0 amide bonds. The van der Waals surface area contributed by atoms with Crippen LogP contribution in [-0.4, -0.2) is 10.2 Å². The molecular weight excluding hydrogens is 376 g/mol. The summed E-state index contributed by atoms with van der Waals surface area (Å²) in [4.78, 5) is 0. The van der Waals surface area contributed by atoms with Crippen molar-refractivity contribution < 1.29 is 0 Å². The van der Waals surface area contributed by atoms with Gasteiger partial charge in [-0.2, -0.15) is 5.10 Å². The van der Waals surface area contributed by atoms with E-state index in [4.69, 9.17) is 5.10 Å². The van der Waals surface area contributed by atoms with Gasteiger partial charge in [-0.1, -0.05) is 84.9 Å². The number of rotatable bonds is 2. The summed E-state index contributed by atoms with van der Waals surface area (Å²) in [6.07, 6.45) is 1.95. The van der Waals surface area contributed by atoms with E-state index in [-0.39, 0.29) is 0 Å². The van der Waals surface area contributed by atoms with Crippen molar-refractivity contribution in [2.75, 3.05) is 0 Å². The minimum Gasteiger partial charge on any atom is -0.277 e. The molecule has 31 heavy (non-hydrogen) atoms. The maximum Gasteiger partial charge on any atom is 0.0930 e. The van der Waals surface area contributed by atoms with Crippen molar-refractivity contribution in [1.29, 1.82) is 0 Å². The molecule has 0 atom stereocenters. The van der Waals surface area contributed by atoms with Gasteiger partial charge in [-0.15, -0.1) is 0 Å². The van der Waals surface area contributed by atoms with Gasteiger partial charge in [0, 0.05) is 11.1 Å². The number of nitrogens with one attached hydrogen (secondary N) is 1. The highest BCUT2D eigenvalue weighted by molar-refractivity contribution is 5.87. The highest BCUT2D eigenvalue weighted by atomic mass is 15.1. The third kappa shape index (κ3) is 2.42. The van der Waals surface area contributed by atoms with Crippen LogP contribution in [0.1, 0.15) is 22.3 Å². The molecule has 2 aliphatic rings. The van der Waals surface area contributed by atoms with Gasteiger partial charge in [-0.05, 0) is 63.4 Å². The van der Waals surface area contributed by atoms with E-state index in [9.17, 15) is 0 Å². The van der Waals surface area contributed by atoms with Crippen molar-refractivity contribution in [3.05, 3.63) is 113 Å². The summed E-state index contributed by atoms with van der Waals surface area (Å²) in [6, 6.07) is 32.9. The number of hydrogen-bond acceptors (Lipinski definition) is 1. The first kappa shape index (κ1) is 16.8. The van der Waals surface area contributed by atoms with E-state index < -0.39 is 0 Å². The zero-order chi connectivity index (χ0) is 20.4. The van der Waals surface area contributed by atoms with Crippen LogP contribution in [0, 0.1) is 0 Å². The molecule has 0 radical (unpaired) electrons. The average Bonchev–Trinajstić information content (AvgIpc) is 3.53. The van der Waals surface area contributed by atoms with Crippen molar-refractivity contribution in [1.82, 2.24) is 10.2 Å². The molecule has 2 aliphatic carbocycles. The Labute approximate surface area is 181 Å². The first-order chi connectivity index (χ1) is 15.4. The molecule has 1 aromatic heterocycles. The van der Waals surface area contributed by atoms with Gasteiger partial charge in [0.1, 0.15) is 0 Å². The lowest BCUT2D eigenvalue weighted by Gasteiger charge is -2.07. The molecule has 0 bridgehead atoms. The van der Waals surface area contributed by atoms with Crippen LogP contribution in [-0.2, 0) is 12.8 Å². The molecule has 0 saturated carbocycles. The van der Waals surface area contributed by atoms with E-state index in [0.717, 1.165) is 24.2 Å². The predicted octanol–water partition coefficient (Wildman–Crippen LogP) is 6.89. The standard InChI is InChI=1S/C29H20N2/c1-3-9-20-18(7-1)15-26-22(20)11-5-13-24(26)28-17-29(31-30-28)25-14-6-12-23-21-10-4-2-8-19(21)16-27(23)25/h1-14,17H,15-16H2,(H,30,31). The zero-order valence-corrected chi connectivity index (χ0v) is 17.0. The second-order valence-electron chi connectivity index (χ2n) is 8.50. The lowest BCUT2D eigenvalue weighted by atomic mass is 9.97. The van der Waals surface area contributed by atoms with Crippen LogP contribution < -0.4 is 0 Å². The minimum atomic E-state index is 0.972. The van der Waals surface area contributed by atoms with E-state index in [1.54, 1.807) is 0 Å². The quantitative estimate of drug-likeness (QED) is 0.339.